The topological polar surface area (TPSA) is 72.2 Å². The van der Waals surface area contributed by atoms with E-state index in [1.165, 1.54) is 0 Å². The second-order valence-electron chi connectivity index (χ2n) is 4.40. The SMILES string of the molecule is Cl.NC(CNS(=O)(=O)c1c(F)cccc1F)C1CC1. The minimum absolute atomic E-state index is 0. The van der Waals surface area contributed by atoms with Gasteiger partial charge in [-0.05, 0) is 30.9 Å². The van der Waals surface area contributed by atoms with Gasteiger partial charge in [0.25, 0.3) is 0 Å². The molecule has 19 heavy (non-hydrogen) atoms. The van der Waals surface area contributed by atoms with E-state index in [1.54, 1.807) is 0 Å². The molecule has 0 aromatic heterocycles. The van der Waals surface area contributed by atoms with Gasteiger partial charge in [0.05, 0.1) is 0 Å². The molecule has 4 nitrogen and oxygen atoms in total. The van der Waals surface area contributed by atoms with Crippen LogP contribution in [0.25, 0.3) is 0 Å². The maximum atomic E-state index is 13.4. The quantitative estimate of drug-likeness (QED) is 0.863. The summed E-state index contributed by atoms with van der Waals surface area (Å²) in [6.07, 6.45) is 1.94. The summed E-state index contributed by atoms with van der Waals surface area (Å²) in [6.45, 7) is -0.0131. The molecule has 1 fully saturated rings. The fraction of sp³-hybridized carbons (Fsp3) is 0.455. The molecule has 3 N–H and O–H groups in total. The number of nitrogens with two attached hydrogens (primary N) is 1. The Morgan fingerprint density at radius 2 is 1.84 bits per heavy atom. The van der Waals surface area contributed by atoms with Gasteiger partial charge in [-0.3, -0.25) is 0 Å². The second-order valence-corrected chi connectivity index (χ2v) is 6.11. The zero-order valence-electron chi connectivity index (χ0n) is 9.97. The van der Waals surface area contributed by atoms with Gasteiger partial charge < -0.3 is 5.73 Å². The van der Waals surface area contributed by atoms with Crippen LogP contribution in [-0.4, -0.2) is 21.0 Å². The van der Waals surface area contributed by atoms with Crippen molar-refractivity contribution in [2.45, 2.75) is 23.8 Å². The van der Waals surface area contributed by atoms with E-state index in [0.717, 1.165) is 31.0 Å². The zero-order chi connectivity index (χ0) is 13.3. The first-order chi connectivity index (χ1) is 8.42. The third-order valence-electron chi connectivity index (χ3n) is 2.92. The summed E-state index contributed by atoms with van der Waals surface area (Å²) in [5.41, 5.74) is 5.73. The summed E-state index contributed by atoms with van der Waals surface area (Å²) >= 11 is 0. The number of benzene rings is 1. The Morgan fingerprint density at radius 3 is 2.32 bits per heavy atom. The highest BCUT2D eigenvalue weighted by Gasteiger charge is 2.30. The van der Waals surface area contributed by atoms with Crippen molar-refractivity contribution in [2.75, 3.05) is 6.54 Å². The Labute approximate surface area is 116 Å². The molecule has 1 aliphatic rings. The van der Waals surface area contributed by atoms with Gasteiger partial charge in [-0.2, -0.15) is 0 Å². The average molecular weight is 313 g/mol. The van der Waals surface area contributed by atoms with Gasteiger partial charge in [0.15, 0.2) is 4.90 Å². The maximum absolute atomic E-state index is 13.4. The van der Waals surface area contributed by atoms with Crippen LogP contribution < -0.4 is 10.5 Å². The van der Waals surface area contributed by atoms with Crippen LogP contribution >= 0.6 is 12.4 Å². The van der Waals surface area contributed by atoms with E-state index < -0.39 is 26.6 Å². The maximum Gasteiger partial charge on any atom is 0.246 e. The van der Waals surface area contributed by atoms with Crippen LogP contribution in [0.1, 0.15) is 12.8 Å². The van der Waals surface area contributed by atoms with E-state index in [1.807, 2.05) is 0 Å². The summed E-state index contributed by atoms with van der Waals surface area (Å²) < 4.78 is 52.4. The predicted octanol–water partition coefficient (Wildman–Crippen LogP) is 1.40. The third-order valence-corrected chi connectivity index (χ3v) is 4.40. The van der Waals surface area contributed by atoms with Crippen molar-refractivity contribution in [3.8, 4) is 0 Å². The van der Waals surface area contributed by atoms with E-state index in [-0.39, 0.29) is 25.0 Å². The summed E-state index contributed by atoms with van der Waals surface area (Å²) in [4.78, 5) is -0.951. The van der Waals surface area contributed by atoms with Crippen molar-refractivity contribution in [1.82, 2.24) is 4.72 Å². The fourth-order valence-corrected chi connectivity index (χ4v) is 2.91. The van der Waals surface area contributed by atoms with Gasteiger partial charge in [0, 0.05) is 12.6 Å². The van der Waals surface area contributed by atoms with Crippen LogP contribution in [0, 0.1) is 17.6 Å². The van der Waals surface area contributed by atoms with E-state index >= 15 is 0 Å². The van der Waals surface area contributed by atoms with Crippen molar-refractivity contribution < 1.29 is 17.2 Å². The average Bonchev–Trinajstić information content (AvgIpc) is 3.09. The molecule has 0 saturated heterocycles. The van der Waals surface area contributed by atoms with E-state index in [0.29, 0.717) is 5.92 Å². The third kappa shape index (κ3) is 3.85. The molecule has 0 bridgehead atoms. The standard InChI is InChI=1S/C11H14F2N2O2S.ClH/c12-8-2-1-3-9(13)11(8)18(16,17)15-6-10(14)7-4-5-7;/h1-3,7,10,15H,4-6,14H2;1H. The largest absolute Gasteiger partial charge is 0.326 e. The lowest BCUT2D eigenvalue weighted by molar-refractivity contribution is 0.507. The number of halogens is 3. The van der Waals surface area contributed by atoms with Gasteiger partial charge >= 0.3 is 0 Å². The van der Waals surface area contributed by atoms with Gasteiger partial charge in [0.1, 0.15) is 11.6 Å². The Morgan fingerprint density at radius 1 is 1.32 bits per heavy atom. The fourth-order valence-electron chi connectivity index (χ4n) is 1.71. The van der Waals surface area contributed by atoms with Crippen molar-refractivity contribution in [1.29, 1.82) is 0 Å². The molecule has 0 radical (unpaired) electrons. The highest BCUT2D eigenvalue weighted by Crippen LogP contribution is 2.31. The van der Waals surface area contributed by atoms with Crippen molar-refractivity contribution >= 4 is 22.4 Å². The zero-order valence-corrected chi connectivity index (χ0v) is 11.6. The second kappa shape index (κ2) is 6.13. The molecule has 0 amide bonds. The summed E-state index contributed by atoms with van der Waals surface area (Å²) in [7, 11) is -4.20. The number of sulfonamides is 1. The van der Waals surface area contributed by atoms with Gasteiger partial charge in [-0.1, -0.05) is 6.07 Å². The molecule has 1 saturated carbocycles. The molecule has 0 aliphatic heterocycles. The summed E-state index contributed by atoms with van der Waals surface area (Å²) in [5.74, 6) is -1.91. The van der Waals surface area contributed by atoms with Crippen LogP contribution in [0.2, 0.25) is 0 Å². The van der Waals surface area contributed by atoms with E-state index in [2.05, 4.69) is 4.72 Å². The molecule has 2 rings (SSSR count). The van der Waals surface area contributed by atoms with Gasteiger partial charge in [-0.15, -0.1) is 12.4 Å². The molecule has 1 aromatic rings. The minimum Gasteiger partial charge on any atom is -0.326 e. The van der Waals surface area contributed by atoms with Crippen molar-refractivity contribution in [3.05, 3.63) is 29.8 Å². The highest BCUT2D eigenvalue weighted by atomic mass is 35.5. The summed E-state index contributed by atoms with van der Waals surface area (Å²) in [5, 5.41) is 0. The molecular weight excluding hydrogens is 298 g/mol. The Hall–Kier alpha value is -0.760. The number of rotatable bonds is 5. The van der Waals surface area contributed by atoms with Crippen molar-refractivity contribution in [2.24, 2.45) is 11.7 Å². The first kappa shape index (κ1) is 16.3. The summed E-state index contributed by atoms with van der Waals surface area (Å²) in [6, 6.07) is 2.60. The molecule has 8 heteroatoms. The smallest absolute Gasteiger partial charge is 0.246 e. The van der Waals surface area contributed by atoms with E-state index in [9.17, 15) is 17.2 Å². The molecule has 1 aliphatic carbocycles. The van der Waals surface area contributed by atoms with Crippen LogP contribution in [0.3, 0.4) is 0 Å². The van der Waals surface area contributed by atoms with Gasteiger partial charge in [0.2, 0.25) is 10.0 Å². The van der Waals surface area contributed by atoms with Crippen LogP contribution in [0.4, 0.5) is 8.78 Å². The minimum atomic E-state index is -4.20. The first-order valence-electron chi connectivity index (χ1n) is 5.61. The molecule has 1 atom stereocenters. The molecule has 1 aromatic carbocycles. The van der Waals surface area contributed by atoms with Crippen LogP contribution in [0.15, 0.2) is 23.1 Å². The molecule has 0 spiro atoms. The van der Waals surface area contributed by atoms with Crippen molar-refractivity contribution in [3.63, 3.8) is 0 Å². The molecular formula is C11H15ClF2N2O2S. The molecule has 1 unspecified atom stereocenters. The number of nitrogens with one attached hydrogen (secondary N) is 1. The number of hydrogen-bond acceptors (Lipinski definition) is 3. The Kier molecular flexibility index (Phi) is 5.26. The number of hydrogen-bond donors (Lipinski definition) is 2. The first-order valence-corrected chi connectivity index (χ1v) is 7.09. The van der Waals surface area contributed by atoms with Crippen LogP contribution in [0.5, 0.6) is 0 Å². The Bertz CT molecular complexity index is 529. The molecule has 108 valence electrons. The van der Waals surface area contributed by atoms with Crippen LogP contribution in [-0.2, 0) is 10.0 Å². The lowest BCUT2D eigenvalue weighted by Crippen LogP contribution is -2.39. The lowest BCUT2D eigenvalue weighted by Gasteiger charge is -2.12. The predicted molar refractivity (Wildman–Crippen MR) is 69.5 cm³/mol. The monoisotopic (exact) mass is 312 g/mol. The Balaban J connectivity index is 0.00000180. The van der Waals surface area contributed by atoms with E-state index in [4.69, 9.17) is 5.73 Å². The molecule has 0 heterocycles. The van der Waals surface area contributed by atoms with Gasteiger partial charge in [-0.25, -0.2) is 21.9 Å². The normalized spacial score (nSPS) is 16.8. The highest BCUT2D eigenvalue weighted by molar-refractivity contribution is 7.89. The lowest BCUT2D eigenvalue weighted by atomic mass is 10.2.